The summed E-state index contributed by atoms with van der Waals surface area (Å²) in [4.78, 5) is 6.53. The Morgan fingerprint density at radius 1 is 1.06 bits per heavy atom. The van der Waals surface area contributed by atoms with Crippen LogP contribution < -0.4 is 14.8 Å². The molecule has 0 unspecified atom stereocenters. The maximum atomic E-state index is 14.6. The molecule has 33 heavy (non-hydrogen) atoms. The maximum absolute atomic E-state index is 14.6. The van der Waals surface area contributed by atoms with Crippen LogP contribution in [-0.2, 0) is 10.0 Å². The number of aromatic nitrogens is 2. The molecule has 2 atom stereocenters. The quantitative estimate of drug-likeness (QED) is 0.540. The third-order valence-electron chi connectivity index (χ3n) is 5.43. The van der Waals surface area contributed by atoms with Crippen LogP contribution in [0.4, 0.5) is 19.1 Å². The lowest BCUT2D eigenvalue weighted by molar-refractivity contribution is 0.190. The number of sulfonamides is 1. The summed E-state index contributed by atoms with van der Waals surface area (Å²) in [5.74, 6) is -3.22. The summed E-state index contributed by atoms with van der Waals surface area (Å²) in [6.07, 6.45) is 3.39. The zero-order valence-corrected chi connectivity index (χ0v) is 18.2. The minimum absolute atomic E-state index is 0.0504. The van der Waals surface area contributed by atoms with E-state index in [1.54, 1.807) is 12.1 Å². The average Bonchev–Trinajstić information content (AvgIpc) is 2.80. The van der Waals surface area contributed by atoms with E-state index in [1.807, 2.05) is 4.72 Å². The molecule has 3 aromatic rings. The molecule has 1 aromatic heterocycles. The number of nitrogens with one attached hydrogen (secondary N) is 2. The first-order chi connectivity index (χ1) is 15.8. The number of halogens is 3. The fourth-order valence-corrected chi connectivity index (χ4v) is 4.83. The van der Waals surface area contributed by atoms with Crippen molar-refractivity contribution < 1.29 is 26.3 Å². The number of hydrogen-bond donors (Lipinski definition) is 2. The van der Waals surface area contributed by atoms with E-state index in [0.29, 0.717) is 18.7 Å². The molecule has 7 nitrogen and oxygen atoms in total. The van der Waals surface area contributed by atoms with Gasteiger partial charge in [-0.25, -0.2) is 36.3 Å². The smallest absolute Gasteiger partial charge is 0.267 e. The number of anilines is 1. The third kappa shape index (κ3) is 5.42. The molecule has 174 valence electrons. The Morgan fingerprint density at radius 2 is 1.79 bits per heavy atom. The van der Waals surface area contributed by atoms with Gasteiger partial charge in [-0.15, -0.1) is 0 Å². The van der Waals surface area contributed by atoms with Gasteiger partial charge < -0.3 is 10.1 Å². The third-order valence-corrected chi connectivity index (χ3v) is 6.77. The van der Waals surface area contributed by atoms with Crippen molar-refractivity contribution in [3.8, 4) is 5.75 Å². The Kier molecular flexibility index (Phi) is 6.80. The molecule has 0 amide bonds. The molecule has 0 saturated carbocycles. The minimum Gasteiger partial charge on any atom is -0.490 e. The van der Waals surface area contributed by atoms with Gasteiger partial charge in [0, 0.05) is 37.0 Å². The Morgan fingerprint density at radius 3 is 2.52 bits per heavy atom. The van der Waals surface area contributed by atoms with Crippen LogP contribution in [0.15, 0.2) is 59.8 Å². The zero-order chi connectivity index (χ0) is 23.4. The fourth-order valence-electron chi connectivity index (χ4n) is 3.80. The van der Waals surface area contributed by atoms with E-state index >= 15 is 0 Å². The second-order valence-electron chi connectivity index (χ2n) is 7.61. The second-order valence-corrected chi connectivity index (χ2v) is 9.26. The van der Waals surface area contributed by atoms with E-state index in [4.69, 9.17) is 4.74 Å². The lowest BCUT2D eigenvalue weighted by Gasteiger charge is -2.32. The highest BCUT2D eigenvalue weighted by Crippen LogP contribution is 2.32. The van der Waals surface area contributed by atoms with Crippen LogP contribution >= 0.6 is 0 Å². The van der Waals surface area contributed by atoms with E-state index in [0.717, 1.165) is 18.5 Å². The summed E-state index contributed by atoms with van der Waals surface area (Å²) in [7, 11) is -4.45. The van der Waals surface area contributed by atoms with Crippen molar-refractivity contribution in [3.63, 3.8) is 0 Å². The molecule has 0 bridgehead atoms. The number of piperidine rings is 1. The van der Waals surface area contributed by atoms with E-state index in [9.17, 15) is 21.6 Å². The predicted molar refractivity (Wildman–Crippen MR) is 115 cm³/mol. The first-order valence-electron chi connectivity index (χ1n) is 10.2. The van der Waals surface area contributed by atoms with Crippen molar-refractivity contribution in [1.82, 2.24) is 15.3 Å². The van der Waals surface area contributed by atoms with Crippen molar-refractivity contribution in [2.45, 2.75) is 17.2 Å². The van der Waals surface area contributed by atoms with E-state index in [2.05, 4.69) is 15.3 Å². The molecule has 11 heteroatoms. The number of benzene rings is 2. The number of nitrogens with zero attached hydrogens (tertiary/aromatic N) is 2. The van der Waals surface area contributed by atoms with Gasteiger partial charge >= 0.3 is 0 Å². The molecule has 2 heterocycles. The maximum Gasteiger partial charge on any atom is 0.267 e. The summed E-state index contributed by atoms with van der Waals surface area (Å²) in [5.41, 5.74) is 0.939. The largest absolute Gasteiger partial charge is 0.490 e. The first-order valence-corrected chi connectivity index (χ1v) is 11.7. The molecule has 2 N–H and O–H groups in total. The zero-order valence-electron chi connectivity index (χ0n) is 17.3. The summed E-state index contributed by atoms with van der Waals surface area (Å²) >= 11 is 0. The van der Waals surface area contributed by atoms with Crippen molar-refractivity contribution in [1.29, 1.82) is 0 Å². The molecular weight excluding hydrogens is 457 g/mol. The van der Waals surface area contributed by atoms with E-state index in [-0.39, 0.29) is 30.2 Å². The first kappa shape index (κ1) is 23.0. The van der Waals surface area contributed by atoms with Gasteiger partial charge in [0.15, 0.2) is 11.6 Å². The lowest BCUT2D eigenvalue weighted by atomic mass is 9.81. The van der Waals surface area contributed by atoms with Crippen molar-refractivity contribution in [3.05, 3.63) is 77.9 Å². The topological polar surface area (TPSA) is 93.2 Å². The van der Waals surface area contributed by atoms with Crippen LogP contribution in [0.1, 0.15) is 17.9 Å². The highest BCUT2D eigenvalue weighted by atomic mass is 32.2. The van der Waals surface area contributed by atoms with Crippen molar-refractivity contribution in [2.24, 2.45) is 5.92 Å². The summed E-state index contributed by atoms with van der Waals surface area (Å²) in [6, 6.07) is 8.94. The van der Waals surface area contributed by atoms with Gasteiger partial charge in [-0.1, -0.05) is 12.1 Å². The summed E-state index contributed by atoms with van der Waals surface area (Å²) in [5, 5.41) is 3.24. The molecule has 1 aliphatic heterocycles. The van der Waals surface area contributed by atoms with Crippen molar-refractivity contribution >= 4 is 16.0 Å². The van der Waals surface area contributed by atoms with Crippen LogP contribution in [0.25, 0.3) is 0 Å². The van der Waals surface area contributed by atoms with E-state index < -0.39 is 32.3 Å². The molecule has 1 fully saturated rings. The highest BCUT2D eigenvalue weighted by molar-refractivity contribution is 7.92. The van der Waals surface area contributed by atoms with Gasteiger partial charge in [0.25, 0.3) is 10.0 Å². The van der Waals surface area contributed by atoms with Gasteiger partial charge in [0.2, 0.25) is 5.95 Å². The van der Waals surface area contributed by atoms with E-state index in [1.165, 1.54) is 30.6 Å². The summed E-state index contributed by atoms with van der Waals surface area (Å²) < 4.78 is 75.0. The number of rotatable bonds is 7. The Balaban J connectivity index is 1.49. The standard InChI is InChI=1S/C22H21F3N4O3S/c23-16-4-2-14(3-5-16)17-6-9-26-12-15(17)13-32-20-10-19(25)21(11-18(20)24)33(30,31)29-22-27-7-1-8-28-22/h1-5,7-8,10-11,15,17,26H,6,9,12-13H2,(H,27,28,29)/t15-,17-/m1/s1. The van der Waals surface area contributed by atoms with Crippen molar-refractivity contribution in [2.75, 3.05) is 24.4 Å². The SMILES string of the molecule is O=S(=O)(Nc1ncccn1)c1cc(F)c(OC[C@H]2CNCC[C@@H]2c2ccc(F)cc2)cc1F. The fraction of sp³-hybridized carbons (Fsp3) is 0.273. The molecule has 0 spiro atoms. The Bertz CT molecular complexity index is 1210. The molecule has 1 aliphatic rings. The Labute approximate surface area is 189 Å². The van der Waals surface area contributed by atoms with Crippen LogP contribution in [0.5, 0.6) is 5.75 Å². The molecule has 4 rings (SSSR count). The normalized spacial score (nSPS) is 18.6. The van der Waals surface area contributed by atoms with Gasteiger partial charge in [-0.05, 0) is 42.6 Å². The molecule has 1 saturated heterocycles. The minimum atomic E-state index is -4.45. The van der Waals surface area contributed by atoms with Gasteiger partial charge in [0.1, 0.15) is 16.5 Å². The van der Waals surface area contributed by atoms with Crippen LogP contribution in [-0.4, -0.2) is 38.1 Å². The average molecular weight is 478 g/mol. The molecule has 0 aliphatic carbocycles. The number of ether oxygens (including phenoxy) is 1. The number of hydrogen-bond acceptors (Lipinski definition) is 6. The monoisotopic (exact) mass is 478 g/mol. The molecule has 0 radical (unpaired) electrons. The molecular formula is C22H21F3N4O3S. The highest BCUT2D eigenvalue weighted by Gasteiger charge is 2.28. The predicted octanol–water partition coefficient (Wildman–Crippen LogP) is 3.47. The van der Waals surface area contributed by atoms with Crippen LogP contribution in [0.2, 0.25) is 0 Å². The Hall–Kier alpha value is -3.18. The second kappa shape index (κ2) is 9.75. The lowest BCUT2D eigenvalue weighted by Crippen LogP contribution is -2.38. The van der Waals surface area contributed by atoms with Gasteiger partial charge in [-0.2, -0.15) is 0 Å². The van der Waals surface area contributed by atoms with Crippen LogP contribution in [0.3, 0.4) is 0 Å². The molecule has 2 aromatic carbocycles. The summed E-state index contributed by atoms with van der Waals surface area (Å²) in [6.45, 7) is 1.42. The van der Waals surface area contributed by atoms with Gasteiger partial charge in [-0.3, -0.25) is 0 Å². The van der Waals surface area contributed by atoms with Crippen LogP contribution in [0, 0.1) is 23.4 Å². The van der Waals surface area contributed by atoms with Gasteiger partial charge in [0.05, 0.1) is 6.61 Å².